The second-order valence-electron chi connectivity index (χ2n) is 3.86. The zero-order valence-corrected chi connectivity index (χ0v) is 10.2. The zero-order chi connectivity index (χ0) is 11.5. The molecule has 0 bridgehead atoms. The predicted octanol–water partition coefficient (Wildman–Crippen LogP) is 2.04. The fraction of sp³-hybridized carbons (Fsp3) is 0.250. The molecule has 16 heavy (non-hydrogen) atoms. The Kier molecular flexibility index (Phi) is 3.22. The Hall–Kier alpha value is -1.39. The van der Waals surface area contributed by atoms with Crippen LogP contribution in [0, 0.1) is 0 Å². The summed E-state index contributed by atoms with van der Waals surface area (Å²) in [7, 11) is 3.62. The summed E-state index contributed by atoms with van der Waals surface area (Å²) in [5, 5.41) is 4.90. The summed E-state index contributed by atoms with van der Waals surface area (Å²) in [6.07, 6.45) is 0.433. The highest BCUT2D eigenvalue weighted by atomic mass is 32.1. The number of hydrogen-bond acceptors (Lipinski definition) is 3. The first kappa shape index (κ1) is 11.1. The fourth-order valence-electron chi connectivity index (χ4n) is 1.63. The number of fused-ring (bicyclic) bond motifs is 1. The van der Waals surface area contributed by atoms with E-state index in [1.54, 1.807) is 16.3 Å². The monoisotopic (exact) mass is 234 g/mol. The highest BCUT2D eigenvalue weighted by Crippen LogP contribution is 2.25. The maximum Gasteiger partial charge on any atom is 0.238 e. The molecule has 1 heterocycles. The van der Waals surface area contributed by atoms with Crippen LogP contribution in [0.3, 0.4) is 0 Å². The van der Waals surface area contributed by atoms with Gasteiger partial charge in [0.2, 0.25) is 5.91 Å². The highest BCUT2D eigenvalue weighted by molar-refractivity contribution is 7.17. The Morgan fingerprint density at radius 3 is 2.88 bits per heavy atom. The molecule has 0 aliphatic heterocycles. The molecule has 0 aliphatic rings. The van der Waals surface area contributed by atoms with Gasteiger partial charge in [0.05, 0.1) is 6.42 Å². The summed E-state index contributed by atoms with van der Waals surface area (Å²) >= 11 is 1.68. The van der Waals surface area contributed by atoms with E-state index in [-0.39, 0.29) is 5.91 Å². The van der Waals surface area contributed by atoms with Crippen LogP contribution in [0.5, 0.6) is 0 Å². The van der Waals surface area contributed by atoms with Gasteiger partial charge in [0.15, 0.2) is 0 Å². The summed E-state index contributed by atoms with van der Waals surface area (Å²) in [6, 6.07) is 8.16. The van der Waals surface area contributed by atoms with Crippen molar-refractivity contribution >= 4 is 27.3 Å². The van der Waals surface area contributed by atoms with E-state index in [0.29, 0.717) is 6.42 Å². The van der Waals surface area contributed by atoms with Crippen molar-refractivity contribution in [1.82, 2.24) is 10.4 Å². The van der Waals surface area contributed by atoms with Crippen LogP contribution in [0.1, 0.15) is 5.56 Å². The molecule has 0 aliphatic carbocycles. The quantitative estimate of drug-likeness (QED) is 0.824. The van der Waals surface area contributed by atoms with Gasteiger partial charge in [-0.3, -0.25) is 10.2 Å². The number of carbonyl (C=O) groups is 1. The van der Waals surface area contributed by atoms with E-state index < -0.39 is 0 Å². The first-order valence-corrected chi connectivity index (χ1v) is 5.96. The SMILES string of the molecule is CN(C)NC(=O)Cc1csc2ccccc12. The summed E-state index contributed by atoms with van der Waals surface area (Å²) in [5.74, 6) is 0.0218. The minimum Gasteiger partial charge on any atom is -0.289 e. The average Bonchev–Trinajstić information content (AvgIpc) is 2.61. The van der Waals surface area contributed by atoms with E-state index in [1.807, 2.05) is 26.2 Å². The highest BCUT2D eigenvalue weighted by Gasteiger charge is 2.08. The van der Waals surface area contributed by atoms with Crippen LogP contribution in [-0.2, 0) is 11.2 Å². The molecule has 4 heteroatoms. The molecule has 0 fully saturated rings. The molecule has 0 atom stereocenters. The first-order chi connectivity index (χ1) is 7.66. The van der Waals surface area contributed by atoms with E-state index in [9.17, 15) is 4.79 Å². The first-order valence-electron chi connectivity index (χ1n) is 5.09. The maximum absolute atomic E-state index is 11.6. The predicted molar refractivity (Wildman–Crippen MR) is 67.4 cm³/mol. The molecule has 0 unspecified atom stereocenters. The molecule has 3 nitrogen and oxygen atoms in total. The number of nitrogens with one attached hydrogen (secondary N) is 1. The van der Waals surface area contributed by atoms with Crippen molar-refractivity contribution in [2.75, 3.05) is 14.1 Å². The van der Waals surface area contributed by atoms with Crippen molar-refractivity contribution in [3.05, 3.63) is 35.2 Å². The molecule has 1 aromatic heterocycles. The molecule has 2 rings (SSSR count). The van der Waals surface area contributed by atoms with E-state index in [4.69, 9.17) is 0 Å². The smallest absolute Gasteiger partial charge is 0.238 e. The molecule has 1 amide bonds. The Labute approximate surface area is 98.7 Å². The number of rotatable bonds is 3. The van der Waals surface area contributed by atoms with Crippen molar-refractivity contribution in [3.63, 3.8) is 0 Å². The summed E-state index contributed by atoms with van der Waals surface area (Å²) in [6.45, 7) is 0. The lowest BCUT2D eigenvalue weighted by Gasteiger charge is -2.11. The lowest BCUT2D eigenvalue weighted by atomic mass is 10.1. The third-order valence-electron chi connectivity index (χ3n) is 2.26. The molecule has 0 radical (unpaired) electrons. The zero-order valence-electron chi connectivity index (χ0n) is 9.36. The van der Waals surface area contributed by atoms with Gasteiger partial charge in [-0.2, -0.15) is 0 Å². The normalized spacial score (nSPS) is 10.9. The van der Waals surface area contributed by atoms with Crippen LogP contribution in [-0.4, -0.2) is 25.0 Å². The Morgan fingerprint density at radius 1 is 1.38 bits per heavy atom. The Bertz CT molecular complexity index is 504. The second-order valence-corrected chi connectivity index (χ2v) is 4.77. The van der Waals surface area contributed by atoms with Gasteiger partial charge in [-0.05, 0) is 22.4 Å². The number of hydrazine groups is 1. The van der Waals surface area contributed by atoms with E-state index >= 15 is 0 Å². The minimum absolute atomic E-state index is 0.0218. The maximum atomic E-state index is 11.6. The average molecular weight is 234 g/mol. The van der Waals surface area contributed by atoms with E-state index in [1.165, 1.54) is 10.1 Å². The molecule has 0 saturated heterocycles. The van der Waals surface area contributed by atoms with Gasteiger partial charge in [-0.25, -0.2) is 5.01 Å². The fourth-order valence-corrected chi connectivity index (χ4v) is 2.59. The van der Waals surface area contributed by atoms with Gasteiger partial charge >= 0.3 is 0 Å². The standard InChI is InChI=1S/C12H14N2OS/c1-14(2)13-12(15)7-9-8-16-11-6-4-3-5-10(9)11/h3-6,8H,7H2,1-2H3,(H,13,15). The van der Waals surface area contributed by atoms with Crippen LogP contribution in [0.4, 0.5) is 0 Å². The van der Waals surface area contributed by atoms with Crippen molar-refractivity contribution < 1.29 is 4.79 Å². The topological polar surface area (TPSA) is 32.3 Å². The van der Waals surface area contributed by atoms with Crippen molar-refractivity contribution in [2.45, 2.75) is 6.42 Å². The minimum atomic E-state index is 0.0218. The lowest BCUT2D eigenvalue weighted by molar-refractivity contribution is -0.124. The van der Waals surface area contributed by atoms with Gasteiger partial charge in [0, 0.05) is 18.8 Å². The molecule has 1 aromatic carbocycles. The summed E-state index contributed by atoms with van der Waals surface area (Å²) in [4.78, 5) is 11.6. The van der Waals surface area contributed by atoms with E-state index in [0.717, 1.165) is 5.56 Å². The van der Waals surface area contributed by atoms with Crippen molar-refractivity contribution in [3.8, 4) is 0 Å². The number of carbonyl (C=O) groups excluding carboxylic acids is 1. The Morgan fingerprint density at radius 2 is 2.12 bits per heavy atom. The third-order valence-corrected chi connectivity index (χ3v) is 3.27. The molecule has 2 aromatic rings. The lowest BCUT2D eigenvalue weighted by Crippen LogP contribution is -2.37. The van der Waals surface area contributed by atoms with Crippen LogP contribution < -0.4 is 5.43 Å². The van der Waals surface area contributed by atoms with Gasteiger partial charge in [0.1, 0.15) is 0 Å². The van der Waals surface area contributed by atoms with Crippen LogP contribution in [0.15, 0.2) is 29.6 Å². The molecule has 84 valence electrons. The number of amides is 1. The molecular weight excluding hydrogens is 220 g/mol. The molecular formula is C12H14N2OS. The van der Waals surface area contributed by atoms with Crippen molar-refractivity contribution in [1.29, 1.82) is 0 Å². The summed E-state index contributed by atoms with van der Waals surface area (Å²) in [5.41, 5.74) is 3.84. The Balaban J connectivity index is 2.18. The van der Waals surface area contributed by atoms with Crippen LogP contribution >= 0.6 is 11.3 Å². The molecule has 0 spiro atoms. The third kappa shape index (κ3) is 2.40. The van der Waals surface area contributed by atoms with Gasteiger partial charge in [0.25, 0.3) is 0 Å². The second kappa shape index (κ2) is 4.63. The molecule has 1 N–H and O–H groups in total. The van der Waals surface area contributed by atoms with Crippen LogP contribution in [0.2, 0.25) is 0 Å². The van der Waals surface area contributed by atoms with E-state index in [2.05, 4.69) is 22.9 Å². The largest absolute Gasteiger partial charge is 0.289 e. The van der Waals surface area contributed by atoms with Gasteiger partial charge in [-0.1, -0.05) is 18.2 Å². The molecule has 0 saturated carbocycles. The van der Waals surface area contributed by atoms with Gasteiger partial charge in [-0.15, -0.1) is 11.3 Å². The van der Waals surface area contributed by atoms with Crippen LogP contribution in [0.25, 0.3) is 10.1 Å². The van der Waals surface area contributed by atoms with Gasteiger partial charge < -0.3 is 0 Å². The number of hydrogen-bond donors (Lipinski definition) is 1. The number of thiophene rings is 1. The van der Waals surface area contributed by atoms with Crippen molar-refractivity contribution in [2.24, 2.45) is 0 Å². The number of nitrogens with zero attached hydrogens (tertiary/aromatic N) is 1. The number of benzene rings is 1. The summed E-state index contributed by atoms with van der Waals surface area (Å²) < 4.78 is 1.23.